The molecule has 1 aliphatic rings. The number of rotatable bonds is 6. The molecule has 2 aromatic carbocycles. The Morgan fingerprint density at radius 3 is 2.69 bits per heavy atom. The largest absolute Gasteiger partial charge is 0.497 e. The van der Waals surface area contributed by atoms with Gasteiger partial charge in [-0.3, -0.25) is 14.6 Å². The van der Waals surface area contributed by atoms with Gasteiger partial charge in [0, 0.05) is 60.4 Å². The average molecular weight is 414 g/mol. The third kappa shape index (κ3) is 4.24. The number of piperazine rings is 1. The second kappa shape index (κ2) is 8.45. The molecule has 0 bridgehead atoms. The fourth-order valence-electron chi connectivity index (χ4n) is 4.03. The van der Waals surface area contributed by atoms with Crippen LogP contribution in [0.25, 0.3) is 10.9 Å². The zero-order chi connectivity index (χ0) is 20.4. The molecule has 1 aliphatic heterocycles. The molecule has 29 heavy (non-hydrogen) atoms. The fraction of sp³-hybridized carbons (Fsp3) is 0.318. The van der Waals surface area contributed by atoms with Gasteiger partial charge in [0.1, 0.15) is 11.8 Å². The lowest BCUT2D eigenvalue weighted by Gasteiger charge is -2.37. The molecule has 4 rings (SSSR count). The quantitative estimate of drug-likeness (QED) is 0.643. The maximum atomic E-state index is 12.2. The molecule has 6 nitrogen and oxygen atoms in total. The van der Waals surface area contributed by atoms with E-state index in [1.807, 2.05) is 41.3 Å². The summed E-state index contributed by atoms with van der Waals surface area (Å²) in [5, 5.41) is 11.6. The van der Waals surface area contributed by atoms with E-state index in [1.54, 1.807) is 13.3 Å². The van der Waals surface area contributed by atoms with Gasteiger partial charge in [0.25, 0.3) is 0 Å². The Bertz CT molecular complexity index is 1010. The van der Waals surface area contributed by atoms with Crippen LogP contribution < -0.4 is 4.74 Å². The van der Waals surface area contributed by atoms with Gasteiger partial charge in [-0.15, -0.1) is 0 Å². The Morgan fingerprint density at radius 1 is 1.21 bits per heavy atom. The van der Waals surface area contributed by atoms with Crippen LogP contribution in [0.4, 0.5) is 0 Å². The number of hydrogen-bond acceptors (Lipinski definition) is 4. The van der Waals surface area contributed by atoms with Gasteiger partial charge in [-0.25, -0.2) is 0 Å². The minimum absolute atomic E-state index is 0.689. The molecule has 1 fully saturated rings. The maximum absolute atomic E-state index is 12.2. The number of carboxylic acids is 1. The Balaban J connectivity index is 1.50. The van der Waals surface area contributed by atoms with E-state index in [0.29, 0.717) is 18.8 Å². The number of aromatic nitrogens is 1. The molecule has 7 heteroatoms. The van der Waals surface area contributed by atoms with Gasteiger partial charge in [-0.05, 0) is 35.9 Å². The molecule has 152 valence electrons. The molecule has 1 atom stereocenters. The number of H-pyrrole nitrogens is 1. The third-order valence-electron chi connectivity index (χ3n) is 5.52. The number of ether oxygens (including phenoxy) is 1. The number of carboxylic acid groups (broad SMARTS) is 1. The van der Waals surface area contributed by atoms with E-state index in [1.165, 1.54) is 5.56 Å². The molecule has 0 unspecified atom stereocenters. The molecule has 2 heterocycles. The van der Waals surface area contributed by atoms with Crippen molar-refractivity contribution in [2.45, 2.75) is 12.6 Å². The van der Waals surface area contributed by atoms with Crippen molar-refractivity contribution in [1.29, 1.82) is 0 Å². The van der Waals surface area contributed by atoms with E-state index in [4.69, 9.17) is 16.3 Å². The number of methoxy groups -OCH3 is 1. The predicted molar refractivity (Wildman–Crippen MR) is 114 cm³/mol. The summed E-state index contributed by atoms with van der Waals surface area (Å²) in [4.78, 5) is 19.8. The highest BCUT2D eigenvalue weighted by atomic mass is 35.5. The summed E-state index contributed by atoms with van der Waals surface area (Å²) in [6.45, 7) is 3.81. The second-order valence-corrected chi connectivity index (χ2v) is 7.77. The fourth-order valence-corrected chi connectivity index (χ4v) is 4.25. The Labute approximate surface area is 174 Å². The monoisotopic (exact) mass is 413 g/mol. The van der Waals surface area contributed by atoms with Crippen molar-refractivity contribution >= 4 is 28.5 Å². The van der Waals surface area contributed by atoms with Crippen molar-refractivity contribution in [2.24, 2.45) is 0 Å². The first kappa shape index (κ1) is 19.8. The first-order valence-electron chi connectivity index (χ1n) is 9.64. The Kier molecular flexibility index (Phi) is 5.76. The van der Waals surface area contributed by atoms with Crippen LogP contribution in [-0.2, 0) is 11.3 Å². The summed E-state index contributed by atoms with van der Waals surface area (Å²) >= 11 is 6.08. The highest BCUT2D eigenvalue weighted by Crippen LogP contribution is 2.32. The van der Waals surface area contributed by atoms with E-state index in [0.717, 1.165) is 41.1 Å². The molecular weight excluding hydrogens is 390 g/mol. The van der Waals surface area contributed by atoms with Crippen molar-refractivity contribution in [3.8, 4) is 5.75 Å². The van der Waals surface area contributed by atoms with Crippen molar-refractivity contribution in [1.82, 2.24) is 14.8 Å². The molecule has 0 spiro atoms. The van der Waals surface area contributed by atoms with Gasteiger partial charge in [0.2, 0.25) is 0 Å². The number of benzene rings is 2. The zero-order valence-corrected chi connectivity index (χ0v) is 17.0. The second-order valence-electron chi connectivity index (χ2n) is 7.34. The average Bonchev–Trinajstić information content (AvgIpc) is 3.12. The van der Waals surface area contributed by atoms with Crippen LogP contribution in [0.15, 0.2) is 48.7 Å². The zero-order valence-electron chi connectivity index (χ0n) is 16.3. The smallest absolute Gasteiger partial charge is 0.325 e. The number of aromatic amines is 1. The number of nitrogens with one attached hydrogen (secondary N) is 1. The highest BCUT2D eigenvalue weighted by Gasteiger charge is 2.32. The molecular formula is C22H24ClN3O3. The summed E-state index contributed by atoms with van der Waals surface area (Å²) in [6.07, 6.45) is 1.81. The normalized spacial score (nSPS) is 16.8. The summed E-state index contributed by atoms with van der Waals surface area (Å²) in [6, 6.07) is 12.9. The minimum atomic E-state index is -0.836. The van der Waals surface area contributed by atoms with Gasteiger partial charge in [-0.1, -0.05) is 23.7 Å². The lowest BCUT2D eigenvalue weighted by molar-refractivity contribution is -0.144. The summed E-state index contributed by atoms with van der Waals surface area (Å²) in [7, 11) is 1.61. The van der Waals surface area contributed by atoms with Crippen LogP contribution in [0.2, 0.25) is 5.02 Å². The van der Waals surface area contributed by atoms with Crippen molar-refractivity contribution < 1.29 is 14.6 Å². The standard InChI is InChI=1S/C22H24ClN3O3/c1-29-17-5-6-20-18(12-17)19(13-24-20)21(22(27)28)26-9-7-25(8-10-26)14-15-3-2-4-16(23)11-15/h2-6,11-13,21,24H,7-10,14H2,1H3,(H,27,28)/t21-/m1/s1. The number of carbonyl (C=O) groups is 1. The van der Waals surface area contributed by atoms with Crippen LogP contribution in [0, 0.1) is 0 Å². The first-order chi connectivity index (χ1) is 14.0. The molecule has 1 saturated heterocycles. The highest BCUT2D eigenvalue weighted by molar-refractivity contribution is 6.30. The third-order valence-corrected chi connectivity index (χ3v) is 5.75. The van der Waals surface area contributed by atoms with Crippen molar-refractivity contribution in [3.63, 3.8) is 0 Å². The topological polar surface area (TPSA) is 68.8 Å². The van der Waals surface area contributed by atoms with Crippen LogP contribution >= 0.6 is 11.6 Å². The van der Waals surface area contributed by atoms with Gasteiger partial charge in [0.15, 0.2) is 0 Å². The summed E-state index contributed by atoms with van der Waals surface area (Å²) in [5.41, 5.74) is 2.85. The number of fused-ring (bicyclic) bond motifs is 1. The number of aliphatic carboxylic acids is 1. The number of nitrogens with zero attached hydrogens (tertiary/aromatic N) is 2. The molecule has 1 aromatic heterocycles. The maximum Gasteiger partial charge on any atom is 0.325 e. The van der Waals surface area contributed by atoms with Gasteiger partial charge in [0.05, 0.1) is 7.11 Å². The minimum Gasteiger partial charge on any atom is -0.497 e. The van der Waals surface area contributed by atoms with Gasteiger partial charge < -0.3 is 14.8 Å². The Morgan fingerprint density at radius 2 is 2.00 bits per heavy atom. The van der Waals surface area contributed by atoms with Crippen LogP contribution in [0.5, 0.6) is 5.75 Å². The van der Waals surface area contributed by atoms with E-state index in [9.17, 15) is 9.90 Å². The Hall–Kier alpha value is -2.54. The molecule has 0 amide bonds. The number of halogens is 1. The van der Waals surface area contributed by atoms with E-state index >= 15 is 0 Å². The lowest BCUT2D eigenvalue weighted by Crippen LogP contribution is -2.48. The molecule has 0 saturated carbocycles. The predicted octanol–water partition coefficient (Wildman–Crippen LogP) is 3.77. The molecule has 3 aromatic rings. The van der Waals surface area contributed by atoms with Crippen LogP contribution in [0.1, 0.15) is 17.2 Å². The van der Waals surface area contributed by atoms with E-state index < -0.39 is 12.0 Å². The van der Waals surface area contributed by atoms with Crippen LogP contribution in [-0.4, -0.2) is 59.1 Å². The summed E-state index contributed by atoms with van der Waals surface area (Å²) < 4.78 is 5.32. The van der Waals surface area contributed by atoms with Gasteiger partial charge >= 0.3 is 5.97 Å². The van der Waals surface area contributed by atoms with Crippen LogP contribution in [0.3, 0.4) is 0 Å². The van der Waals surface area contributed by atoms with Crippen molar-refractivity contribution in [2.75, 3.05) is 33.3 Å². The first-order valence-corrected chi connectivity index (χ1v) is 10.0. The molecule has 2 N–H and O–H groups in total. The number of hydrogen-bond donors (Lipinski definition) is 2. The molecule has 0 radical (unpaired) electrons. The SMILES string of the molecule is COc1ccc2[nH]cc([C@H](C(=O)O)N3CCN(Cc4cccc(Cl)c4)CC3)c2c1. The van der Waals surface area contributed by atoms with Crippen molar-refractivity contribution in [3.05, 3.63) is 64.8 Å². The van der Waals surface area contributed by atoms with E-state index in [2.05, 4.69) is 16.0 Å². The summed E-state index contributed by atoms with van der Waals surface area (Å²) in [5.74, 6) is -0.120. The van der Waals surface area contributed by atoms with E-state index in [-0.39, 0.29) is 0 Å². The molecule has 0 aliphatic carbocycles. The van der Waals surface area contributed by atoms with Gasteiger partial charge in [-0.2, -0.15) is 0 Å². The lowest BCUT2D eigenvalue weighted by atomic mass is 10.0.